The highest BCUT2D eigenvalue weighted by Gasteiger charge is 2.33. The fourth-order valence-electron chi connectivity index (χ4n) is 5.07. The number of benzene rings is 5. The summed E-state index contributed by atoms with van der Waals surface area (Å²) in [7, 11) is 0. The molecule has 0 unspecified atom stereocenters. The maximum atomic E-state index is 12.7. The molecule has 5 aromatic carbocycles. The van der Waals surface area contributed by atoms with Crippen LogP contribution in [0.4, 0.5) is 0 Å². The Kier molecular flexibility index (Phi) is 4.06. The van der Waals surface area contributed by atoms with Crippen molar-refractivity contribution >= 4 is 66.8 Å². The monoisotopic (exact) mass is 440 g/mol. The van der Waals surface area contributed by atoms with Gasteiger partial charge in [-0.25, -0.2) is 9.59 Å². The summed E-state index contributed by atoms with van der Waals surface area (Å²) in [5.74, 6) is -5.19. The molecule has 0 heterocycles. The van der Waals surface area contributed by atoms with E-state index in [1.54, 1.807) is 25.1 Å². The van der Waals surface area contributed by atoms with Gasteiger partial charge in [0.05, 0.1) is 22.3 Å². The highest BCUT2D eigenvalue weighted by atomic mass is 16.4. The average Bonchev–Trinajstić information content (AvgIpc) is 2.74. The number of hydrogen-bond donors (Lipinski definition) is 4. The Hall–Kier alpha value is -4.72. The molecule has 0 bridgehead atoms. The minimum absolute atomic E-state index is 0.162. The number of nitrogens with two attached hydrogens (primary N) is 2. The van der Waals surface area contributed by atoms with Crippen LogP contribution in [0.15, 0.2) is 42.5 Å². The summed E-state index contributed by atoms with van der Waals surface area (Å²) in [6, 6.07) is 12.6. The summed E-state index contributed by atoms with van der Waals surface area (Å²) in [6.45, 7) is 1.55. The number of aromatic carboxylic acids is 2. The Morgan fingerprint density at radius 1 is 0.636 bits per heavy atom. The van der Waals surface area contributed by atoms with Crippen LogP contribution in [0.5, 0.6) is 0 Å². The van der Waals surface area contributed by atoms with E-state index >= 15 is 0 Å². The molecule has 0 spiro atoms. The molecular formula is C25H16N2O6. The van der Waals surface area contributed by atoms with Crippen LogP contribution in [0, 0.1) is 6.92 Å². The molecule has 0 aliphatic rings. The molecule has 8 heteroatoms. The van der Waals surface area contributed by atoms with Crippen LogP contribution in [-0.4, -0.2) is 34.0 Å². The van der Waals surface area contributed by atoms with Gasteiger partial charge in [0.25, 0.3) is 0 Å². The lowest BCUT2D eigenvalue weighted by Crippen LogP contribution is -2.25. The van der Waals surface area contributed by atoms with Gasteiger partial charge in [0.1, 0.15) is 0 Å². The summed E-state index contributed by atoms with van der Waals surface area (Å²) in [6.07, 6.45) is 0. The SMILES string of the molecule is Cc1cc2c3cccc4cccc(c5c(C(N)=O)c(C(N)=O)c(C(=O)O)c(c1C(=O)O)c25)c43. The summed E-state index contributed by atoms with van der Waals surface area (Å²) in [5, 5.41) is 23.8. The lowest BCUT2D eigenvalue weighted by atomic mass is 9.80. The van der Waals surface area contributed by atoms with Crippen molar-refractivity contribution in [2.24, 2.45) is 11.5 Å². The van der Waals surface area contributed by atoms with Gasteiger partial charge in [-0.05, 0) is 50.9 Å². The third kappa shape index (κ3) is 2.51. The van der Waals surface area contributed by atoms with Crippen molar-refractivity contribution in [2.75, 3.05) is 0 Å². The zero-order valence-electron chi connectivity index (χ0n) is 17.2. The van der Waals surface area contributed by atoms with Crippen molar-refractivity contribution in [3.05, 3.63) is 70.3 Å². The average molecular weight is 440 g/mol. The Morgan fingerprint density at radius 2 is 1.21 bits per heavy atom. The molecule has 8 nitrogen and oxygen atoms in total. The van der Waals surface area contributed by atoms with Crippen LogP contribution in [0.1, 0.15) is 47.0 Å². The van der Waals surface area contributed by atoms with Crippen molar-refractivity contribution in [1.29, 1.82) is 0 Å². The first kappa shape index (κ1) is 20.2. The van der Waals surface area contributed by atoms with Gasteiger partial charge in [-0.15, -0.1) is 0 Å². The molecule has 0 fully saturated rings. The van der Waals surface area contributed by atoms with Crippen LogP contribution < -0.4 is 11.5 Å². The number of hydrogen-bond acceptors (Lipinski definition) is 4. The number of carboxylic acid groups (broad SMARTS) is 2. The summed E-state index contributed by atoms with van der Waals surface area (Å²) < 4.78 is 0. The van der Waals surface area contributed by atoms with Gasteiger partial charge in [-0.1, -0.05) is 36.4 Å². The van der Waals surface area contributed by atoms with E-state index in [4.69, 9.17) is 11.5 Å². The predicted molar refractivity (Wildman–Crippen MR) is 123 cm³/mol. The highest BCUT2D eigenvalue weighted by Crippen LogP contribution is 2.46. The number of primary amides is 2. The fraction of sp³-hybridized carbons (Fsp3) is 0.0400. The highest BCUT2D eigenvalue weighted by molar-refractivity contribution is 6.40. The molecule has 0 aliphatic heterocycles. The van der Waals surface area contributed by atoms with Gasteiger partial charge in [0.15, 0.2) is 0 Å². The first-order valence-corrected chi connectivity index (χ1v) is 9.91. The van der Waals surface area contributed by atoms with Gasteiger partial charge < -0.3 is 21.7 Å². The smallest absolute Gasteiger partial charge is 0.337 e. The van der Waals surface area contributed by atoms with E-state index in [-0.39, 0.29) is 27.3 Å². The minimum Gasteiger partial charge on any atom is -0.478 e. The molecule has 2 amide bonds. The van der Waals surface area contributed by atoms with Crippen molar-refractivity contribution in [2.45, 2.75) is 6.92 Å². The Balaban J connectivity index is 2.36. The van der Waals surface area contributed by atoms with E-state index in [9.17, 15) is 29.4 Å². The van der Waals surface area contributed by atoms with Crippen LogP contribution >= 0.6 is 0 Å². The molecule has 5 aromatic rings. The lowest BCUT2D eigenvalue weighted by Gasteiger charge is -2.22. The first-order chi connectivity index (χ1) is 15.6. The number of carboxylic acids is 2. The maximum absolute atomic E-state index is 12.7. The zero-order valence-corrected chi connectivity index (χ0v) is 17.2. The number of rotatable bonds is 4. The predicted octanol–water partition coefficient (Wildman–Crippen LogP) is 3.64. The Labute approximate surface area is 185 Å². The second-order valence-electron chi connectivity index (χ2n) is 7.91. The van der Waals surface area contributed by atoms with Crippen LogP contribution in [0.2, 0.25) is 0 Å². The van der Waals surface area contributed by atoms with Gasteiger partial charge in [-0.2, -0.15) is 0 Å². The summed E-state index contributed by atoms with van der Waals surface area (Å²) >= 11 is 0. The molecule has 0 saturated heterocycles. The lowest BCUT2D eigenvalue weighted by molar-refractivity contribution is 0.0693. The van der Waals surface area contributed by atoms with Gasteiger partial charge in [0.2, 0.25) is 11.8 Å². The maximum Gasteiger partial charge on any atom is 0.337 e. The van der Waals surface area contributed by atoms with Gasteiger partial charge in [0, 0.05) is 10.8 Å². The minimum atomic E-state index is -1.59. The van der Waals surface area contributed by atoms with E-state index in [0.29, 0.717) is 16.3 Å². The topological polar surface area (TPSA) is 161 Å². The van der Waals surface area contributed by atoms with Gasteiger partial charge >= 0.3 is 11.9 Å². The molecule has 0 saturated carbocycles. The first-order valence-electron chi connectivity index (χ1n) is 9.91. The van der Waals surface area contributed by atoms with E-state index in [2.05, 4.69) is 0 Å². The number of amides is 2. The largest absolute Gasteiger partial charge is 0.478 e. The normalized spacial score (nSPS) is 11.5. The molecule has 5 rings (SSSR count). The summed E-state index contributed by atoms with van der Waals surface area (Å²) in [5.41, 5.74) is 9.68. The summed E-state index contributed by atoms with van der Waals surface area (Å²) in [4.78, 5) is 49.9. The molecule has 0 aromatic heterocycles. The molecule has 0 aliphatic carbocycles. The van der Waals surface area contributed by atoms with Gasteiger partial charge in [-0.3, -0.25) is 9.59 Å². The third-order valence-electron chi connectivity index (χ3n) is 6.16. The van der Waals surface area contributed by atoms with E-state index in [0.717, 1.165) is 16.2 Å². The van der Waals surface area contributed by atoms with Crippen molar-refractivity contribution < 1.29 is 29.4 Å². The van der Waals surface area contributed by atoms with E-state index < -0.39 is 34.9 Å². The molecule has 162 valence electrons. The van der Waals surface area contributed by atoms with Crippen molar-refractivity contribution in [3.63, 3.8) is 0 Å². The van der Waals surface area contributed by atoms with Crippen LogP contribution in [0.3, 0.4) is 0 Å². The second kappa shape index (κ2) is 6.64. The standard InChI is InChI=1S/C25H16N2O6/c1-9-8-13-11-6-2-4-10-5-3-7-12(15(10)11)16-17(13)18(14(9)24(30)31)21(25(32)33)20(23(27)29)19(16)22(26)28/h2-8H,1H3,(H2,26,28)(H2,27,29)(H,30,31)(H,32,33). The Bertz CT molecular complexity index is 1730. The zero-order chi connectivity index (χ0) is 23.8. The molecule has 0 atom stereocenters. The fourth-order valence-corrected chi connectivity index (χ4v) is 5.07. The molecule has 6 N–H and O–H groups in total. The quantitative estimate of drug-likeness (QED) is 0.246. The molecule has 0 radical (unpaired) electrons. The van der Waals surface area contributed by atoms with Crippen LogP contribution in [0.25, 0.3) is 43.1 Å². The Morgan fingerprint density at radius 3 is 1.76 bits per heavy atom. The number of fused-ring (bicyclic) bond motifs is 2. The molecule has 33 heavy (non-hydrogen) atoms. The second-order valence-corrected chi connectivity index (χ2v) is 7.91. The van der Waals surface area contributed by atoms with Crippen molar-refractivity contribution in [3.8, 4) is 0 Å². The third-order valence-corrected chi connectivity index (χ3v) is 6.16. The van der Waals surface area contributed by atoms with Crippen LogP contribution in [-0.2, 0) is 0 Å². The van der Waals surface area contributed by atoms with E-state index in [1.807, 2.05) is 24.3 Å². The number of carbonyl (C=O) groups is 4. The number of aryl methyl sites for hydroxylation is 1. The van der Waals surface area contributed by atoms with E-state index in [1.165, 1.54) is 0 Å². The molecular weight excluding hydrogens is 424 g/mol. The van der Waals surface area contributed by atoms with Crippen molar-refractivity contribution in [1.82, 2.24) is 0 Å². The number of carbonyl (C=O) groups excluding carboxylic acids is 2.